The number of rotatable bonds is 3. The predicted octanol–water partition coefficient (Wildman–Crippen LogP) is 1.34. The van der Waals surface area contributed by atoms with Crippen molar-refractivity contribution in [2.75, 3.05) is 6.61 Å². The van der Waals surface area contributed by atoms with Gasteiger partial charge in [-0.05, 0) is 25.0 Å². The lowest BCUT2D eigenvalue weighted by atomic mass is 10.0. The molecule has 15 heavy (non-hydrogen) atoms. The molecule has 1 atom stereocenters. The fraction of sp³-hybridized carbons (Fsp3) is 0.333. The molecule has 0 aliphatic carbocycles. The summed E-state index contributed by atoms with van der Waals surface area (Å²) in [6, 6.07) is 7.98. The monoisotopic (exact) mass is 204 g/mol. The zero-order chi connectivity index (χ0) is 10.8. The van der Waals surface area contributed by atoms with Gasteiger partial charge in [0.2, 0.25) is 0 Å². The standard InChI is InChI=1S/C12H16N2O/c1-8-11(6-9(13)7-15)10-4-2-3-5-12(10)14-8/h2-5,9,14-15H,6-7,13H2,1H3. The topological polar surface area (TPSA) is 62.0 Å². The molecule has 1 unspecified atom stereocenters. The first kappa shape index (κ1) is 10.2. The van der Waals surface area contributed by atoms with E-state index in [9.17, 15) is 0 Å². The maximum absolute atomic E-state index is 8.96. The number of hydrogen-bond acceptors (Lipinski definition) is 2. The number of nitrogens with one attached hydrogen (secondary N) is 1. The minimum absolute atomic E-state index is 0.0267. The lowest BCUT2D eigenvalue weighted by Gasteiger charge is -2.07. The summed E-state index contributed by atoms with van der Waals surface area (Å²) >= 11 is 0. The minimum atomic E-state index is -0.178. The van der Waals surface area contributed by atoms with Gasteiger partial charge in [-0.2, -0.15) is 0 Å². The summed E-state index contributed by atoms with van der Waals surface area (Å²) in [6.45, 7) is 2.07. The Morgan fingerprint density at radius 1 is 1.40 bits per heavy atom. The van der Waals surface area contributed by atoms with Crippen molar-refractivity contribution in [2.45, 2.75) is 19.4 Å². The van der Waals surface area contributed by atoms with E-state index in [1.54, 1.807) is 0 Å². The number of aliphatic hydroxyl groups is 1. The number of aliphatic hydroxyl groups excluding tert-OH is 1. The summed E-state index contributed by atoms with van der Waals surface area (Å²) in [7, 11) is 0. The highest BCUT2D eigenvalue weighted by Crippen LogP contribution is 2.22. The highest BCUT2D eigenvalue weighted by Gasteiger charge is 2.10. The summed E-state index contributed by atoms with van der Waals surface area (Å²) in [5.41, 5.74) is 9.25. The van der Waals surface area contributed by atoms with Crippen LogP contribution in [0.2, 0.25) is 0 Å². The summed E-state index contributed by atoms with van der Waals surface area (Å²) in [5, 5.41) is 10.2. The molecule has 2 rings (SSSR count). The van der Waals surface area contributed by atoms with E-state index in [1.807, 2.05) is 19.1 Å². The molecule has 0 saturated heterocycles. The van der Waals surface area contributed by atoms with Gasteiger partial charge in [-0.3, -0.25) is 0 Å². The van der Waals surface area contributed by atoms with E-state index in [4.69, 9.17) is 10.8 Å². The van der Waals surface area contributed by atoms with Crippen molar-refractivity contribution >= 4 is 10.9 Å². The number of fused-ring (bicyclic) bond motifs is 1. The Labute approximate surface area is 88.9 Å². The molecule has 0 saturated carbocycles. The Bertz CT molecular complexity index is 462. The van der Waals surface area contributed by atoms with E-state index in [2.05, 4.69) is 17.1 Å². The maximum atomic E-state index is 8.96. The smallest absolute Gasteiger partial charge is 0.0585 e. The first-order chi connectivity index (χ1) is 7.22. The number of aryl methyl sites for hydroxylation is 1. The van der Waals surface area contributed by atoms with E-state index in [-0.39, 0.29) is 12.6 Å². The molecule has 2 aromatic rings. The lowest BCUT2D eigenvalue weighted by molar-refractivity contribution is 0.265. The van der Waals surface area contributed by atoms with Crippen LogP contribution in [0.3, 0.4) is 0 Å². The second-order valence-corrected chi connectivity index (χ2v) is 3.92. The van der Waals surface area contributed by atoms with Gasteiger partial charge in [0.1, 0.15) is 0 Å². The van der Waals surface area contributed by atoms with Gasteiger partial charge in [-0.15, -0.1) is 0 Å². The molecule has 80 valence electrons. The van der Waals surface area contributed by atoms with Gasteiger partial charge in [0, 0.05) is 22.6 Å². The number of hydrogen-bond donors (Lipinski definition) is 3. The van der Waals surface area contributed by atoms with Crippen LogP contribution in [-0.4, -0.2) is 22.7 Å². The van der Waals surface area contributed by atoms with Crippen LogP contribution in [0.1, 0.15) is 11.3 Å². The minimum Gasteiger partial charge on any atom is -0.395 e. The highest BCUT2D eigenvalue weighted by molar-refractivity contribution is 5.84. The van der Waals surface area contributed by atoms with Gasteiger partial charge in [-0.1, -0.05) is 18.2 Å². The molecule has 0 aliphatic rings. The van der Waals surface area contributed by atoms with Crippen LogP contribution in [0.15, 0.2) is 24.3 Å². The van der Waals surface area contributed by atoms with E-state index in [1.165, 1.54) is 10.9 Å². The first-order valence-electron chi connectivity index (χ1n) is 5.15. The van der Waals surface area contributed by atoms with Gasteiger partial charge < -0.3 is 15.8 Å². The summed E-state index contributed by atoms with van der Waals surface area (Å²) in [6.07, 6.45) is 0.715. The number of benzene rings is 1. The molecule has 1 aromatic carbocycles. The zero-order valence-electron chi connectivity index (χ0n) is 8.83. The average Bonchev–Trinajstić information content (AvgIpc) is 2.55. The van der Waals surface area contributed by atoms with Crippen LogP contribution in [0, 0.1) is 6.92 Å². The van der Waals surface area contributed by atoms with Crippen LogP contribution >= 0.6 is 0 Å². The normalized spacial score (nSPS) is 13.3. The van der Waals surface area contributed by atoms with Gasteiger partial charge in [0.15, 0.2) is 0 Å². The van der Waals surface area contributed by atoms with Crippen LogP contribution in [0.4, 0.5) is 0 Å². The molecule has 0 bridgehead atoms. The van der Waals surface area contributed by atoms with Gasteiger partial charge >= 0.3 is 0 Å². The van der Waals surface area contributed by atoms with Crippen molar-refractivity contribution in [1.82, 2.24) is 4.98 Å². The Hall–Kier alpha value is -1.32. The Morgan fingerprint density at radius 3 is 2.87 bits per heavy atom. The highest BCUT2D eigenvalue weighted by atomic mass is 16.3. The van der Waals surface area contributed by atoms with E-state index >= 15 is 0 Å². The van der Waals surface area contributed by atoms with Crippen LogP contribution < -0.4 is 5.73 Å². The molecule has 3 heteroatoms. The van der Waals surface area contributed by atoms with E-state index < -0.39 is 0 Å². The summed E-state index contributed by atoms with van der Waals surface area (Å²) < 4.78 is 0. The molecule has 0 fully saturated rings. The molecule has 0 aliphatic heterocycles. The third-order valence-corrected chi connectivity index (χ3v) is 2.73. The maximum Gasteiger partial charge on any atom is 0.0585 e. The largest absolute Gasteiger partial charge is 0.395 e. The Morgan fingerprint density at radius 2 is 2.13 bits per heavy atom. The fourth-order valence-electron chi connectivity index (χ4n) is 1.92. The van der Waals surface area contributed by atoms with Crippen molar-refractivity contribution in [3.05, 3.63) is 35.5 Å². The molecule has 0 radical (unpaired) electrons. The fourth-order valence-corrected chi connectivity index (χ4v) is 1.92. The van der Waals surface area contributed by atoms with Crippen LogP contribution in [-0.2, 0) is 6.42 Å². The number of nitrogens with two attached hydrogens (primary N) is 1. The molecule has 1 aromatic heterocycles. The number of H-pyrrole nitrogens is 1. The first-order valence-corrected chi connectivity index (χ1v) is 5.15. The summed E-state index contributed by atoms with van der Waals surface area (Å²) in [4.78, 5) is 3.32. The van der Waals surface area contributed by atoms with E-state index in [0.717, 1.165) is 11.2 Å². The second kappa shape index (κ2) is 4.04. The number of para-hydroxylation sites is 1. The SMILES string of the molecule is Cc1[nH]c2ccccc2c1CC(N)CO. The van der Waals surface area contributed by atoms with Crippen molar-refractivity contribution in [1.29, 1.82) is 0 Å². The molecule has 0 amide bonds. The average molecular weight is 204 g/mol. The number of aromatic nitrogens is 1. The molecule has 1 heterocycles. The van der Waals surface area contributed by atoms with Crippen LogP contribution in [0.25, 0.3) is 10.9 Å². The van der Waals surface area contributed by atoms with Crippen molar-refractivity contribution in [3.63, 3.8) is 0 Å². The van der Waals surface area contributed by atoms with Crippen molar-refractivity contribution in [2.24, 2.45) is 5.73 Å². The summed E-state index contributed by atoms with van der Waals surface area (Å²) in [5.74, 6) is 0. The Balaban J connectivity index is 2.45. The van der Waals surface area contributed by atoms with Crippen molar-refractivity contribution < 1.29 is 5.11 Å². The molecular formula is C12H16N2O. The van der Waals surface area contributed by atoms with E-state index in [0.29, 0.717) is 6.42 Å². The molecular weight excluding hydrogens is 188 g/mol. The second-order valence-electron chi connectivity index (χ2n) is 3.92. The van der Waals surface area contributed by atoms with Gasteiger partial charge in [0.25, 0.3) is 0 Å². The van der Waals surface area contributed by atoms with Gasteiger partial charge in [0.05, 0.1) is 6.61 Å². The predicted molar refractivity (Wildman–Crippen MR) is 61.8 cm³/mol. The Kier molecular flexibility index (Phi) is 2.75. The zero-order valence-corrected chi connectivity index (χ0v) is 8.83. The van der Waals surface area contributed by atoms with Crippen LogP contribution in [0.5, 0.6) is 0 Å². The number of aromatic amines is 1. The lowest BCUT2D eigenvalue weighted by Crippen LogP contribution is -2.27. The molecule has 0 spiro atoms. The van der Waals surface area contributed by atoms with Gasteiger partial charge in [-0.25, -0.2) is 0 Å². The third-order valence-electron chi connectivity index (χ3n) is 2.73. The quantitative estimate of drug-likeness (QED) is 0.706. The molecule has 4 N–H and O–H groups in total. The third kappa shape index (κ3) is 1.89. The van der Waals surface area contributed by atoms with Crippen molar-refractivity contribution in [3.8, 4) is 0 Å². The molecule has 3 nitrogen and oxygen atoms in total.